The summed E-state index contributed by atoms with van der Waals surface area (Å²) in [7, 11) is -4.69. The van der Waals surface area contributed by atoms with E-state index >= 15 is 0 Å². The van der Waals surface area contributed by atoms with E-state index in [2.05, 4.69) is 10.2 Å². The summed E-state index contributed by atoms with van der Waals surface area (Å²) in [5.74, 6) is -0.861. The van der Waals surface area contributed by atoms with Crippen molar-refractivity contribution in [3.05, 3.63) is 34.7 Å². The van der Waals surface area contributed by atoms with Crippen LogP contribution < -0.4 is 21.9 Å². The maximum absolute atomic E-state index is 11.3. The van der Waals surface area contributed by atoms with Gasteiger partial charge in [0.05, 0.1) is 17.4 Å². The van der Waals surface area contributed by atoms with Crippen LogP contribution in [-0.4, -0.2) is 28.5 Å². The fourth-order valence-electron chi connectivity index (χ4n) is 2.00. The summed E-state index contributed by atoms with van der Waals surface area (Å²) in [4.78, 5) is -0.694. The molecule has 0 saturated carbocycles. The van der Waals surface area contributed by atoms with Gasteiger partial charge in [0, 0.05) is 6.07 Å². The summed E-state index contributed by atoms with van der Waals surface area (Å²) in [5, 5.41) is 54.2. The highest BCUT2D eigenvalue weighted by Crippen LogP contribution is 2.37. The predicted molar refractivity (Wildman–Crippen MR) is 88.9 cm³/mol. The van der Waals surface area contributed by atoms with Gasteiger partial charge >= 0.3 is 0 Å². The average molecular weight is 402 g/mol. The van der Waals surface area contributed by atoms with Crippen molar-refractivity contribution in [2.45, 2.75) is 4.90 Å². The van der Waals surface area contributed by atoms with Crippen molar-refractivity contribution in [2.75, 3.05) is 11.5 Å². The Kier molecular flexibility index (Phi) is 5.59. The fourth-order valence-corrected chi connectivity index (χ4v) is 2.62. The first-order valence-electron chi connectivity index (χ1n) is 6.83. The molecule has 15 heteroatoms. The first-order chi connectivity index (χ1) is 12.4. The van der Waals surface area contributed by atoms with Crippen LogP contribution >= 0.6 is 0 Å². The zero-order valence-corrected chi connectivity index (χ0v) is 14.0. The molecule has 0 bridgehead atoms. The Labute approximate surface area is 151 Å². The second-order valence-corrected chi connectivity index (χ2v) is 6.52. The van der Waals surface area contributed by atoms with Crippen molar-refractivity contribution in [1.82, 2.24) is 0 Å². The van der Waals surface area contributed by atoms with Gasteiger partial charge in [-0.05, 0) is 12.1 Å². The van der Waals surface area contributed by atoms with Gasteiger partial charge in [-0.2, -0.15) is 18.9 Å². The monoisotopic (exact) mass is 402 g/mol. The molecule has 0 aliphatic carbocycles. The van der Waals surface area contributed by atoms with Gasteiger partial charge in [-0.25, -0.2) is 10.4 Å². The lowest BCUT2D eigenvalue weighted by Gasteiger charge is -2.17. The SMILES string of the molecule is Nc1cc(N)c(S(=O)(=O)O)cc1N=Nc1cc([NH+]([O-])O)cc([NH+]([O-])O)c1O. The van der Waals surface area contributed by atoms with Gasteiger partial charge in [0.1, 0.15) is 16.3 Å². The van der Waals surface area contributed by atoms with Crippen LogP contribution in [0.15, 0.2) is 39.4 Å². The number of phenolic OH excluding ortho intramolecular Hbond substituents is 1. The van der Waals surface area contributed by atoms with E-state index in [1.807, 2.05) is 0 Å². The molecule has 0 spiro atoms. The number of hydrogen-bond acceptors (Lipinski definition) is 11. The maximum Gasteiger partial charge on any atom is 0.296 e. The third-order valence-corrected chi connectivity index (χ3v) is 4.18. The molecule has 2 unspecified atom stereocenters. The second-order valence-electron chi connectivity index (χ2n) is 5.13. The Bertz CT molecular complexity index is 1010. The van der Waals surface area contributed by atoms with Gasteiger partial charge in [0.15, 0.2) is 5.69 Å². The number of nitrogens with two attached hydrogens (primary N) is 2. The van der Waals surface area contributed by atoms with Gasteiger partial charge in [0.25, 0.3) is 10.1 Å². The van der Waals surface area contributed by atoms with Crippen molar-refractivity contribution in [1.29, 1.82) is 0 Å². The summed E-state index contributed by atoms with van der Waals surface area (Å²) in [6.07, 6.45) is 0. The Balaban J connectivity index is 2.59. The van der Waals surface area contributed by atoms with Crippen LogP contribution in [-0.2, 0) is 10.1 Å². The van der Waals surface area contributed by atoms with E-state index in [-0.39, 0.29) is 17.1 Å². The summed E-state index contributed by atoms with van der Waals surface area (Å²) in [6, 6.07) is 3.38. The van der Waals surface area contributed by atoms with Crippen molar-refractivity contribution < 1.29 is 38.9 Å². The molecule has 2 aromatic carbocycles. The summed E-state index contributed by atoms with van der Waals surface area (Å²) in [6.45, 7) is 0. The number of aromatic hydroxyl groups is 1. The Morgan fingerprint density at radius 1 is 0.926 bits per heavy atom. The van der Waals surface area contributed by atoms with Crippen LogP contribution in [0.3, 0.4) is 0 Å². The molecule has 2 rings (SSSR count). The molecule has 14 nitrogen and oxygen atoms in total. The van der Waals surface area contributed by atoms with Crippen LogP contribution in [0.25, 0.3) is 0 Å². The van der Waals surface area contributed by atoms with E-state index in [1.54, 1.807) is 0 Å². The molecule has 27 heavy (non-hydrogen) atoms. The Morgan fingerprint density at radius 2 is 1.52 bits per heavy atom. The van der Waals surface area contributed by atoms with Crippen LogP contribution in [0.2, 0.25) is 0 Å². The number of anilines is 2. The first kappa shape index (κ1) is 20.4. The molecule has 2 aromatic rings. The minimum Gasteiger partial charge on any atom is -0.595 e. The molecule has 0 aromatic heterocycles. The highest BCUT2D eigenvalue weighted by molar-refractivity contribution is 7.86. The zero-order valence-electron chi connectivity index (χ0n) is 13.2. The van der Waals surface area contributed by atoms with Gasteiger partial charge in [0.2, 0.25) is 11.4 Å². The Hall–Kier alpha value is -2.89. The molecule has 0 aliphatic heterocycles. The smallest absolute Gasteiger partial charge is 0.296 e. The molecular weight excluding hydrogens is 388 g/mol. The van der Waals surface area contributed by atoms with Crippen molar-refractivity contribution in [3.63, 3.8) is 0 Å². The fraction of sp³-hybridized carbons (Fsp3) is 0. The molecule has 146 valence electrons. The van der Waals surface area contributed by atoms with Gasteiger partial charge < -0.3 is 27.0 Å². The minimum atomic E-state index is -4.69. The van der Waals surface area contributed by atoms with Crippen molar-refractivity contribution >= 4 is 44.2 Å². The molecule has 0 fully saturated rings. The summed E-state index contributed by atoms with van der Waals surface area (Å²) < 4.78 is 31.7. The number of phenols is 1. The number of rotatable bonds is 5. The lowest BCUT2D eigenvalue weighted by Crippen LogP contribution is -3.00. The molecule has 2 atom stereocenters. The number of hydrogen-bond donors (Lipinski definition) is 8. The van der Waals surface area contributed by atoms with Crippen LogP contribution in [0.5, 0.6) is 5.75 Å². The average Bonchev–Trinajstić information content (AvgIpc) is 2.53. The Morgan fingerprint density at radius 3 is 2.04 bits per heavy atom. The number of benzene rings is 2. The van der Waals surface area contributed by atoms with E-state index in [4.69, 9.17) is 26.4 Å². The highest BCUT2D eigenvalue weighted by Gasteiger charge is 2.20. The highest BCUT2D eigenvalue weighted by atomic mass is 32.2. The van der Waals surface area contributed by atoms with Crippen LogP contribution in [0, 0.1) is 10.4 Å². The van der Waals surface area contributed by atoms with Crippen LogP contribution in [0.1, 0.15) is 0 Å². The quantitative estimate of drug-likeness (QED) is 0.0758. The first-order valence-corrected chi connectivity index (χ1v) is 8.27. The normalized spacial score (nSPS) is 14.4. The zero-order chi connectivity index (χ0) is 20.5. The number of azo groups is 1. The minimum absolute atomic E-state index is 0.143. The topological polar surface area (TPSA) is 247 Å². The number of quaternary nitrogens is 2. The van der Waals surface area contributed by atoms with Gasteiger partial charge in [-0.1, -0.05) is 0 Å². The summed E-state index contributed by atoms with van der Waals surface area (Å²) in [5.41, 5.74) is 8.58. The third kappa shape index (κ3) is 4.45. The molecular formula is C12H14N6O8S. The standard InChI is InChI=1S/C12H14N6O8S/c13-6-3-7(14)11(27(24,25)26)4-8(6)15-16-9-1-5(17(20)21)2-10(12(9)19)18(22)23/h1-4,17-20,22H,13-14H2,(H,24,25,26). The predicted octanol–water partition coefficient (Wildman–Crippen LogP) is -0.975. The van der Waals surface area contributed by atoms with E-state index in [0.717, 1.165) is 24.3 Å². The third-order valence-electron chi connectivity index (χ3n) is 3.27. The number of nitrogens with one attached hydrogen (secondary N) is 2. The van der Waals surface area contributed by atoms with E-state index in [0.29, 0.717) is 0 Å². The van der Waals surface area contributed by atoms with Crippen molar-refractivity contribution in [3.8, 4) is 5.75 Å². The van der Waals surface area contributed by atoms with Gasteiger partial charge in [-0.15, -0.1) is 10.2 Å². The maximum atomic E-state index is 11.3. The molecule has 0 saturated heterocycles. The molecule has 10 N–H and O–H groups in total. The largest absolute Gasteiger partial charge is 0.595 e. The van der Waals surface area contributed by atoms with E-state index < -0.39 is 48.3 Å². The molecule has 0 radical (unpaired) electrons. The van der Waals surface area contributed by atoms with Crippen molar-refractivity contribution in [2.24, 2.45) is 10.2 Å². The molecule has 0 aliphatic rings. The van der Waals surface area contributed by atoms with E-state index in [9.17, 15) is 23.9 Å². The van der Waals surface area contributed by atoms with E-state index in [1.165, 1.54) is 0 Å². The molecule has 0 amide bonds. The second kappa shape index (κ2) is 7.39. The molecule has 0 heterocycles. The lowest BCUT2D eigenvalue weighted by atomic mass is 10.2. The number of nitrogens with zero attached hydrogens (tertiary/aromatic N) is 2. The number of nitrogen functional groups attached to an aromatic ring is 2. The summed E-state index contributed by atoms with van der Waals surface area (Å²) >= 11 is 0. The van der Waals surface area contributed by atoms with Crippen LogP contribution in [0.4, 0.5) is 34.1 Å². The van der Waals surface area contributed by atoms with Gasteiger partial charge in [-0.3, -0.25) is 4.55 Å². The lowest BCUT2D eigenvalue weighted by molar-refractivity contribution is -0.996.